The molecular formula is C8H13NO. The van der Waals surface area contributed by atoms with Crippen LogP contribution in [0.2, 0.25) is 0 Å². The van der Waals surface area contributed by atoms with Crippen molar-refractivity contribution in [1.82, 2.24) is 0 Å². The van der Waals surface area contributed by atoms with Crippen molar-refractivity contribution in [2.75, 3.05) is 13.2 Å². The van der Waals surface area contributed by atoms with Crippen molar-refractivity contribution >= 4 is 0 Å². The van der Waals surface area contributed by atoms with Crippen LogP contribution in [0.5, 0.6) is 0 Å². The molecule has 1 aliphatic rings. The van der Waals surface area contributed by atoms with Gasteiger partial charge in [-0.3, -0.25) is 0 Å². The van der Waals surface area contributed by atoms with E-state index >= 15 is 0 Å². The van der Waals surface area contributed by atoms with E-state index < -0.39 is 0 Å². The summed E-state index contributed by atoms with van der Waals surface area (Å²) < 4.78 is 5.28. The third kappa shape index (κ3) is 1.71. The van der Waals surface area contributed by atoms with E-state index in [1.807, 2.05) is 0 Å². The molecule has 10 heavy (non-hydrogen) atoms. The number of nitrogens with zero attached hydrogens (tertiary/aromatic N) is 1. The molecule has 0 aromatic carbocycles. The van der Waals surface area contributed by atoms with E-state index in [9.17, 15) is 0 Å². The van der Waals surface area contributed by atoms with Gasteiger partial charge in [-0.1, -0.05) is 6.92 Å². The van der Waals surface area contributed by atoms with E-state index in [4.69, 9.17) is 10.00 Å². The fourth-order valence-corrected chi connectivity index (χ4v) is 0.851. The summed E-state index contributed by atoms with van der Waals surface area (Å²) in [5, 5.41) is 8.63. The van der Waals surface area contributed by atoms with Gasteiger partial charge in [-0.2, -0.15) is 5.26 Å². The summed E-state index contributed by atoms with van der Waals surface area (Å²) in [6, 6.07) is 2.29. The van der Waals surface area contributed by atoms with Gasteiger partial charge in [0.05, 0.1) is 18.1 Å². The summed E-state index contributed by atoms with van der Waals surface area (Å²) in [5.74, 6) is 0. The molecular weight excluding hydrogens is 126 g/mol. The van der Waals surface area contributed by atoms with Crippen LogP contribution in [-0.2, 0) is 4.74 Å². The van der Waals surface area contributed by atoms with Gasteiger partial charge in [0.25, 0.3) is 0 Å². The summed E-state index contributed by atoms with van der Waals surface area (Å²) in [6.45, 7) is 3.52. The van der Waals surface area contributed by atoms with E-state index in [0.29, 0.717) is 6.61 Å². The van der Waals surface area contributed by atoms with Crippen molar-refractivity contribution in [3.05, 3.63) is 0 Å². The number of ether oxygens (including phenoxy) is 1. The van der Waals surface area contributed by atoms with E-state index in [1.54, 1.807) is 0 Å². The van der Waals surface area contributed by atoms with Gasteiger partial charge in [-0.05, 0) is 19.3 Å². The first-order valence-corrected chi connectivity index (χ1v) is 3.82. The third-order valence-corrected chi connectivity index (χ3v) is 1.82. The number of hydrogen-bond acceptors (Lipinski definition) is 2. The quantitative estimate of drug-likeness (QED) is 0.555. The Kier molecular flexibility index (Phi) is 2.29. The first-order chi connectivity index (χ1) is 4.83. The Labute approximate surface area is 61.8 Å². The number of rotatable bonds is 4. The lowest BCUT2D eigenvalue weighted by Crippen LogP contribution is -2.08. The zero-order chi connectivity index (χ0) is 7.45. The van der Waals surface area contributed by atoms with Crippen LogP contribution in [0.4, 0.5) is 0 Å². The molecule has 1 rings (SSSR count). The van der Waals surface area contributed by atoms with Gasteiger partial charge in [-0.15, -0.1) is 0 Å². The van der Waals surface area contributed by atoms with Crippen LogP contribution in [0, 0.1) is 16.7 Å². The molecule has 0 aromatic heterocycles. The van der Waals surface area contributed by atoms with Crippen LogP contribution < -0.4 is 0 Å². The lowest BCUT2D eigenvalue weighted by Gasteiger charge is -2.04. The zero-order valence-corrected chi connectivity index (χ0v) is 6.39. The molecule has 0 bridgehead atoms. The summed E-state index contributed by atoms with van der Waals surface area (Å²) in [6.07, 6.45) is 3.11. The van der Waals surface area contributed by atoms with Crippen molar-refractivity contribution in [2.45, 2.75) is 26.2 Å². The molecule has 2 nitrogen and oxygen atoms in total. The molecule has 0 heterocycles. The summed E-state index contributed by atoms with van der Waals surface area (Å²) >= 11 is 0. The topological polar surface area (TPSA) is 33.0 Å². The second-order valence-electron chi connectivity index (χ2n) is 2.94. The Hall–Kier alpha value is -0.550. The highest BCUT2D eigenvalue weighted by Crippen LogP contribution is 2.44. The van der Waals surface area contributed by atoms with Crippen molar-refractivity contribution in [3.8, 4) is 6.07 Å². The average molecular weight is 139 g/mol. The molecule has 0 amide bonds. The minimum atomic E-state index is -0.0742. The molecule has 0 radical (unpaired) electrons. The average Bonchev–Trinajstić information content (AvgIpc) is 2.70. The maximum atomic E-state index is 8.63. The second kappa shape index (κ2) is 3.03. The minimum Gasteiger partial charge on any atom is -0.380 e. The molecule has 0 atom stereocenters. The van der Waals surface area contributed by atoms with Crippen LogP contribution in [0.15, 0.2) is 0 Å². The SMILES string of the molecule is CCCOCC1(C#N)CC1. The third-order valence-electron chi connectivity index (χ3n) is 1.82. The summed E-state index contributed by atoms with van der Waals surface area (Å²) in [7, 11) is 0. The Balaban J connectivity index is 2.09. The van der Waals surface area contributed by atoms with Gasteiger partial charge >= 0.3 is 0 Å². The van der Waals surface area contributed by atoms with Crippen LogP contribution in [0.1, 0.15) is 26.2 Å². The molecule has 0 aromatic rings. The predicted octanol–water partition coefficient (Wildman–Crippen LogP) is 1.72. The molecule has 0 spiro atoms. The van der Waals surface area contributed by atoms with Crippen LogP contribution >= 0.6 is 0 Å². The Morgan fingerprint density at radius 2 is 2.30 bits per heavy atom. The Morgan fingerprint density at radius 1 is 1.60 bits per heavy atom. The summed E-state index contributed by atoms with van der Waals surface area (Å²) in [4.78, 5) is 0. The highest BCUT2D eigenvalue weighted by Gasteiger charge is 2.43. The van der Waals surface area contributed by atoms with Crippen molar-refractivity contribution < 1.29 is 4.74 Å². The Morgan fingerprint density at radius 3 is 2.70 bits per heavy atom. The molecule has 1 aliphatic carbocycles. The van der Waals surface area contributed by atoms with Crippen molar-refractivity contribution in [2.24, 2.45) is 5.41 Å². The molecule has 2 heteroatoms. The van der Waals surface area contributed by atoms with Gasteiger partial charge in [0.15, 0.2) is 0 Å². The van der Waals surface area contributed by atoms with Gasteiger partial charge in [0, 0.05) is 6.61 Å². The molecule has 0 saturated heterocycles. The Bertz CT molecular complexity index is 144. The van der Waals surface area contributed by atoms with Gasteiger partial charge in [0.2, 0.25) is 0 Å². The smallest absolute Gasteiger partial charge is 0.0808 e. The lowest BCUT2D eigenvalue weighted by atomic mass is 10.1. The van der Waals surface area contributed by atoms with E-state index in [-0.39, 0.29) is 5.41 Å². The maximum Gasteiger partial charge on any atom is 0.0808 e. The van der Waals surface area contributed by atoms with E-state index in [0.717, 1.165) is 25.9 Å². The standard InChI is InChI=1S/C8H13NO/c1-2-5-10-7-8(6-9)3-4-8/h2-5,7H2,1H3. The molecule has 0 N–H and O–H groups in total. The first kappa shape index (κ1) is 7.56. The molecule has 0 aliphatic heterocycles. The predicted molar refractivity (Wildman–Crippen MR) is 38.4 cm³/mol. The number of hydrogen-bond donors (Lipinski definition) is 0. The van der Waals surface area contributed by atoms with Gasteiger partial charge < -0.3 is 4.74 Å². The largest absolute Gasteiger partial charge is 0.380 e. The number of nitriles is 1. The second-order valence-corrected chi connectivity index (χ2v) is 2.94. The monoisotopic (exact) mass is 139 g/mol. The molecule has 0 unspecified atom stereocenters. The van der Waals surface area contributed by atoms with Crippen LogP contribution in [0.25, 0.3) is 0 Å². The molecule has 1 fully saturated rings. The zero-order valence-electron chi connectivity index (χ0n) is 6.39. The van der Waals surface area contributed by atoms with Crippen LogP contribution in [-0.4, -0.2) is 13.2 Å². The van der Waals surface area contributed by atoms with Crippen molar-refractivity contribution in [3.63, 3.8) is 0 Å². The molecule has 1 saturated carbocycles. The maximum absolute atomic E-state index is 8.63. The summed E-state index contributed by atoms with van der Waals surface area (Å²) in [5.41, 5.74) is -0.0742. The lowest BCUT2D eigenvalue weighted by molar-refractivity contribution is 0.108. The highest BCUT2D eigenvalue weighted by atomic mass is 16.5. The normalized spacial score (nSPS) is 20.0. The van der Waals surface area contributed by atoms with Gasteiger partial charge in [-0.25, -0.2) is 0 Å². The first-order valence-electron chi connectivity index (χ1n) is 3.82. The van der Waals surface area contributed by atoms with Crippen LogP contribution in [0.3, 0.4) is 0 Å². The fourth-order valence-electron chi connectivity index (χ4n) is 0.851. The van der Waals surface area contributed by atoms with E-state index in [2.05, 4.69) is 13.0 Å². The van der Waals surface area contributed by atoms with E-state index in [1.165, 1.54) is 0 Å². The van der Waals surface area contributed by atoms with Gasteiger partial charge in [0.1, 0.15) is 0 Å². The molecule has 56 valence electrons. The van der Waals surface area contributed by atoms with Crippen molar-refractivity contribution in [1.29, 1.82) is 5.26 Å². The highest BCUT2D eigenvalue weighted by molar-refractivity contribution is 5.09. The fraction of sp³-hybridized carbons (Fsp3) is 0.875. The minimum absolute atomic E-state index is 0.0742.